The first kappa shape index (κ1) is 16.4. The standard InChI is InChI=1S/C16H23F2N3O2/c1-11-7-14(20(2)19-11)15(22)21-6-5-16(17,18)13(8-21)10-23-9-12-3-4-12/h7,12-13H,3-6,8-10H2,1-2H3. The summed E-state index contributed by atoms with van der Waals surface area (Å²) in [4.78, 5) is 14.1. The Bertz CT molecular complexity index is 584. The van der Waals surface area contributed by atoms with Gasteiger partial charge in [-0.3, -0.25) is 9.48 Å². The Hall–Kier alpha value is -1.50. The molecule has 1 amide bonds. The average Bonchev–Trinajstić information content (AvgIpc) is 3.24. The van der Waals surface area contributed by atoms with E-state index in [1.165, 1.54) is 9.58 Å². The molecule has 1 aliphatic carbocycles. The van der Waals surface area contributed by atoms with Gasteiger partial charge in [0.15, 0.2) is 0 Å². The lowest BCUT2D eigenvalue weighted by Gasteiger charge is -2.38. The van der Waals surface area contributed by atoms with Crippen molar-refractivity contribution in [3.05, 3.63) is 17.5 Å². The van der Waals surface area contributed by atoms with Crippen molar-refractivity contribution >= 4 is 5.91 Å². The van der Waals surface area contributed by atoms with Crippen LogP contribution in [0.25, 0.3) is 0 Å². The Morgan fingerprint density at radius 3 is 2.78 bits per heavy atom. The number of likely N-dealkylation sites (tertiary alicyclic amines) is 1. The summed E-state index contributed by atoms with van der Waals surface area (Å²) in [5.74, 6) is -3.41. The SMILES string of the molecule is Cc1cc(C(=O)N2CCC(F)(F)C(COCC3CC3)C2)n(C)n1. The molecule has 0 aromatic carbocycles. The Morgan fingerprint density at radius 2 is 2.17 bits per heavy atom. The molecule has 1 saturated carbocycles. The quantitative estimate of drug-likeness (QED) is 0.833. The van der Waals surface area contributed by atoms with E-state index in [9.17, 15) is 13.6 Å². The second-order valence-electron chi connectivity index (χ2n) is 6.73. The molecule has 23 heavy (non-hydrogen) atoms. The second kappa shape index (κ2) is 6.19. The fourth-order valence-corrected chi connectivity index (χ4v) is 2.97. The number of aryl methyl sites for hydroxylation is 2. The van der Waals surface area contributed by atoms with Crippen LogP contribution < -0.4 is 0 Å². The first-order valence-electron chi connectivity index (χ1n) is 8.12. The maximum atomic E-state index is 14.1. The average molecular weight is 327 g/mol. The van der Waals surface area contributed by atoms with Gasteiger partial charge in [-0.2, -0.15) is 5.10 Å². The number of halogens is 2. The van der Waals surface area contributed by atoms with Gasteiger partial charge in [0, 0.05) is 33.2 Å². The molecule has 1 aromatic rings. The molecule has 1 aromatic heterocycles. The van der Waals surface area contributed by atoms with Crippen LogP contribution in [-0.4, -0.2) is 52.8 Å². The second-order valence-corrected chi connectivity index (χ2v) is 6.73. The summed E-state index contributed by atoms with van der Waals surface area (Å²) in [5, 5.41) is 4.15. The fourth-order valence-electron chi connectivity index (χ4n) is 2.97. The Balaban J connectivity index is 1.63. The van der Waals surface area contributed by atoms with E-state index in [1.807, 2.05) is 0 Å². The maximum absolute atomic E-state index is 14.1. The molecule has 5 nitrogen and oxygen atoms in total. The van der Waals surface area contributed by atoms with Crippen LogP contribution in [0.15, 0.2) is 6.07 Å². The highest BCUT2D eigenvalue weighted by Crippen LogP contribution is 2.35. The number of ether oxygens (including phenoxy) is 1. The molecular weight excluding hydrogens is 304 g/mol. The third kappa shape index (κ3) is 3.71. The van der Waals surface area contributed by atoms with Crippen molar-refractivity contribution in [1.29, 1.82) is 0 Å². The van der Waals surface area contributed by atoms with Gasteiger partial charge in [-0.15, -0.1) is 0 Å². The molecule has 2 fully saturated rings. The number of carbonyl (C=O) groups excluding carboxylic acids is 1. The number of carbonyl (C=O) groups is 1. The molecule has 2 aliphatic rings. The third-order valence-corrected chi connectivity index (χ3v) is 4.63. The molecule has 1 saturated heterocycles. The van der Waals surface area contributed by atoms with Crippen LogP contribution in [0.4, 0.5) is 8.78 Å². The van der Waals surface area contributed by atoms with E-state index in [1.54, 1.807) is 20.0 Å². The van der Waals surface area contributed by atoms with Crippen LogP contribution >= 0.6 is 0 Å². The van der Waals surface area contributed by atoms with Crippen molar-refractivity contribution in [3.63, 3.8) is 0 Å². The summed E-state index contributed by atoms with van der Waals surface area (Å²) >= 11 is 0. The van der Waals surface area contributed by atoms with Gasteiger partial charge >= 0.3 is 0 Å². The maximum Gasteiger partial charge on any atom is 0.272 e. The van der Waals surface area contributed by atoms with Crippen molar-refractivity contribution in [3.8, 4) is 0 Å². The van der Waals surface area contributed by atoms with Gasteiger partial charge in [-0.25, -0.2) is 8.78 Å². The van der Waals surface area contributed by atoms with Gasteiger partial charge in [-0.1, -0.05) is 0 Å². The molecule has 2 heterocycles. The van der Waals surface area contributed by atoms with Crippen LogP contribution in [0, 0.1) is 18.8 Å². The highest BCUT2D eigenvalue weighted by atomic mass is 19.3. The van der Waals surface area contributed by atoms with Crippen LogP contribution in [0.1, 0.15) is 35.4 Å². The minimum absolute atomic E-state index is 0.0116. The number of rotatable bonds is 5. The smallest absolute Gasteiger partial charge is 0.272 e. The molecule has 7 heteroatoms. The van der Waals surface area contributed by atoms with Gasteiger partial charge in [0.25, 0.3) is 11.8 Å². The summed E-state index contributed by atoms with van der Waals surface area (Å²) in [6.07, 6.45) is 1.95. The molecule has 1 aliphatic heterocycles. The first-order chi connectivity index (χ1) is 10.9. The van der Waals surface area contributed by atoms with E-state index >= 15 is 0 Å². The lowest BCUT2D eigenvalue weighted by molar-refractivity contribution is -0.122. The predicted molar refractivity (Wildman–Crippen MR) is 80.4 cm³/mol. The number of hydrogen-bond donors (Lipinski definition) is 0. The van der Waals surface area contributed by atoms with E-state index in [-0.39, 0.29) is 32.0 Å². The number of amides is 1. The topological polar surface area (TPSA) is 47.4 Å². The number of nitrogens with zero attached hydrogens (tertiary/aromatic N) is 3. The summed E-state index contributed by atoms with van der Waals surface area (Å²) in [6.45, 7) is 2.46. The minimum Gasteiger partial charge on any atom is -0.381 e. The zero-order valence-corrected chi connectivity index (χ0v) is 13.6. The highest BCUT2D eigenvalue weighted by Gasteiger charge is 2.45. The molecule has 1 atom stereocenters. The zero-order chi connectivity index (χ0) is 16.6. The lowest BCUT2D eigenvalue weighted by atomic mass is 9.94. The summed E-state index contributed by atoms with van der Waals surface area (Å²) in [7, 11) is 1.69. The summed E-state index contributed by atoms with van der Waals surface area (Å²) in [6, 6.07) is 1.69. The normalized spacial score (nSPS) is 24.0. The van der Waals surface area contributed by atoms with E-state index in [4.69, 9.17) is 4.74 Å². The lowest BCUT2D eigenvalue weighted by Crippen LogP contribution is -2.51. The van der Waals surface area contributed by atoms with Gasteiger partial charge in [0.2, 0.25) is 0 Å². The largest absolute Gasteiger partial charge is 0.381 e. The Morgan fingerprint density at radius 1 is 1.43 bits per heavy atom. The van der Waals surface area contributed by atoms with Crippen molar-refractivity contribution in [2.45, 2.75) is 32.1 Å². The molecule has 128 valence electrons. The van der Waals surface area contributed by atoms with Crippen molar-refractivity contribution in [1.82, 2.24) is 14.7 Å². The highest BCUT2D eigenvalue weighted by molar-refractivity contribution is 5.92. The Kier molecular flexibility index (Phi) is 4.40. The predicted octanol–water partition coefficient (Wildman–Crippen LogP) is 2.25. The van der Waals surface area contributed by atoms with E-state index < -0.39 is 11.8 Å². The third-order valence-electron chi connectivity index (χ3n) is 4.63. The number of piperidine rings is 1. The monoisotopic (exact) mass is 327 g/mol. The Labute approximate surface area is 134 Å². The summed E-state index contributed by atoms with van der Waals surface area (Å²) < 4.78 is 35.2. The molecule has 0 N–H and O–H groups in total. The first-order valence-corrected chi connectivity index (χ1v) is 8.12. The molecular formula is C16H23F2N3O2. The van der Waals surface area contributed by atoms with E-state index in [2.05, 4.69) is 5.10 Å². The minimum atomic E-state index is -2.78. The van der Waals surface area contributed by atoms with Crippen LogP contribution in [0.3, 0.4) is 0 Å². The molecule has 0 spiro atoms. The van der Waals surface area contributed by atoms with Gasteiger partial charge < -0.3 is 9.64 Å². The van der Waals surface area contributed by atoms with Crippen molar-refractivity contribution in [2.24, 2.45) is 18.9 Å². The molecule has 3 rings (SSSR count). The number of alkyl halides is 2. The van der Waals surface area contributed by atoms with Crippen molar-refractivity contribution in [2.75, 3.05) is 26.3 Å². The van der Waals surface area contributed by atoms with Gasteiger partial charge in [-0.05, 0) is 31.7 Å². The zero-order valence-electron chi connectivity index (χ0n) is 13.6. The van der Waals surface area contributed by atoms with Gasteiger partial charge in [0.1, 0.15) is 5.69 Å². The van der Waals surface area contributed by atoms with E-state index in [0.29, 0.717) is 18.2 Å². The molecule has 1 unspecified atom stereocenters. The fraction of sp³-hybridized carbons (Fsp3) is 0.750. The van der Waals surface area contributed by atoms with Crippen LogP contribution in [0.5, 0.6) is 0 Å². The number of aromatic nitrogens is 2. The van der Waals surface area contributed by atoms with Crippen LogP contribution in [0.2, 0.25) is 0 Å². The van der Waals surface area contributed by atoms with E-state index in [0.717, 1.165) is 18.5 Å². The summed E-state index contributed by atoms with van der Waals surface area (Å²) in [5.41, 5.74) is 1.17. The molecule has 0 radical (unpaired) electrons. The van der Waals surface area contributed by atoms with Gasteiger partial charge in [0.05, 0.1) is 18.2 Å². The van der Waals surface area contributed by atoms with Crippen molar-refractivity contribution < 1.29 is 18.3 Å². The molecule has 0 bridgehead atoms. The number of hydrogen-bond acceptors (Lipinski definition) is 3. The van der Waals surface area contributed by atoms with Crippen LogP contribution in [-0.2, 0) is 11.8 Å².